The van der Waals surface area contributed by atoms with Crippen molar-refractivity contribution < 1.29 is 0 Å². The van der Waals surface area contributed by atoms with E-state index in [0.717, 1.165) is 5.92 Å². The van der Waals surface area contributed by atoms with Gasteiger partial charge in [-0.15, -0.1) is 0 Å². The van der Waals surface area contributed by atoms with E-state index in [9.17, 15) is 0 Å². The van der Waals surface area contributed by atoms with Gasteiger partial charge < -0.3 is 4.57 Å². The molecule has 0 spiro atoms. The van der Waals surface area contributed by atoms with E-state index in [4.69, 9.17) is 0 Å². The summed E-state index contributed by atoms with van der Waals surface area (Å²) in [5.74, 6) is 0.857. The van der Waals surface area contributed by atoms with E-state index in [1.54, 1.807) is 0 Å². The van der Waals surface area contributed by atoms with Gasteiger partial charge in [-0.05, 0) is 30.9 Å². The predicted octanol–water partition coefficient (Wildman–Crippen LogP) is 1.99. The fourth-order valence-corrected chi connectivity index (χ4v) is 1.82. The van der Waals surface area contributed by atoms with Crippen molar-refractivity contribution in [2.24, 2.45) is 5.92 Å². The van der Waals surface area contributed by atoms with Crippen LogP contribution in [0.5, 0.6) is 0 Å². The van der Waals surface area contributed by atoms with E-state index in [0.29, 0.717) is 0 Å². The Kier molecular flexibility index (Phi) is 1.13. The zero-order chi connectivity index (χ0) is 7.14. The fraction of sp³-hybridized carbons (Fsp3) is 0.556. The minimum Gasteiger partial charge on any atom is -0.351 e. The van der Waals surface area contributed by atoms with E-state index >= 15 is 0 Å². The van der Waals surface area contributed by atoms with Crippen molar-refractivity contribution in [3.63, 3.8) is 0 Å². The number of nitrogens with zero attached hydrogens (tertiary/aromatic N) is 1. The van der Waals surface area contributed by atoms with E-state index < -0.39 is 0 Å². The van der Waals surface area contributed by atoms with E-state index in [-0.39, 0.29) is 0 Å². The molecular formula is C9H13N. The normalized spacial score (nSPS) is 23.2. The maximum Gasteiger partial charge on any atom is 0.0251 e. The Bertz CT molecular complexity index is 224. The molecule has 1 nitrogen and oxygen atoms in total. The number of hydrogen-bond acceptors (Lipinski definition) is 0. The third-order valence-corrected chi connectivity index (χ3v) is 2.19. The van der Waals surface area contributed by atoms with Crippen LogP contribution in [0.1, 0.15) is 18.2 Å². The van der Waals surface area contributed by atoms with Gasteiger partial charge in [0.25, 0.3) is 0 Å². The summed E-state index contributed by atoms with van der Waals surface area (Å²) in [6.07, 6.45) is 3.52. The topological polar surface area (TPSA) is 4.93 Å². The smallest absolute Gasteiger partial charge is 0.0251 e. The van der Waals surface area contributed by atoms with E-state index in [2.05, 4.69) is 30.7 Å². The summed E-state index contributed by atoms with van der Waals surface area (Å²) in [5, 5.41) is 0. The van der Waals surface area contributed by atoms with Gasteiger partial charge in [0, 0.05) is 18.4 Å². The quantitative estimate of drug-likeness (QED) is 0.512. The molecule has 1 heteroatoms. The van der Waals surface area contributed by atoms with Gasteiger partial charge in [-0.1, -0.05) is 6.92 Å². The molecule has 2 rings (SSSR count). The van der Waals surface area contributed by atoms with Crippen molar-refractivity contribution in [3.8, 4) is 0 Å². The maximum absolute atomic E-state index is 2.38. The van der Waals surface area contributed by atoms with Gasteiger partial charge in [0.15, 0.2) is 0 Å². The highest BCUT2D eigenvalue weighted by atomic mass is 15.0. The maximum atomic E-state index is 2.38. The summed E-state index contributed by atoms with van der Waals surface area (Å²) in [4.78, 5) is 0. The second kappa shape index (κ2) is 1.88. The molecule has 0 bridgehead atoms. The lowest BCUT2D eigenvalue weighted by molar-refractivity contribution is 0.563. The molecular weight excluding hydrogens is 122 g/mol. The average Bonchev–Trinajstić information content (AvgIpc) is 2.21. The highest BCUT2D eigenvalue weighted by Gasteiger charge is 2.16. The van der Waals surface area contributed by atoms with Gasteiger partial charge in [-0.2, -0.15) is 0 Å². The molecule has 0 radical (unpaired) electrons. The van der Waals surface area contributed by atoms with Crippen molar-refractivity contribution in [2.75, 3.05) is 0 Å². The first-order valence-corrected chi connectivity index (χ1v) is 3.91. The zero-order valence-corrected chi connectivity index (χ0v) is 6.59. The average molecular weight is 135 g/mol. The molecule has 54 valence electrons. The highest BCUT2D eigenvalue weighted by molar-refractivity contribution is 5.20. The molecule has 1 aromatic rings. The second-order valence-corrected chi connectivity index (χ2v) is 3.47. The highest BCUT2D eigenvalue weighted by Crippen LogP contribution is 2.21. The van der Waals surface area contributed by atoms with Crippen LogP contribution in [0, 0.1) is 12.8 Å². The summed E-state index contributed by atoms with van der Waals surface area (Å²) >= 11 is 0. The number of hydrogen-bond donors (Lipinski definition) is 0. The minimum absolute atomic E-state index is 0.857. The van der Waals surface area contributed by atoms with Crippen molar-refractivity contribution in [1.82, 2.24) is 4.57 Å². The molecule has 1 aliphatic rings. The van der Waals surface area contributed by atoms with E-state index in [1.165, 1.54) is 24.2 Å². The Hall–Kier alpha value is -0.720. The number of rotatable bonds is 0. The number of aromatic nitrogens is 1. The van der Waals surface area contributed by atoms with Crippen LogP contribution in [0.2, 0.25) is 0 Å². The van der Waals surface area contributed by atoms with Crippen LogP contribution in [0.25, 0.3) is 0 Å². The van der Waals surface area contributed by atoms with Crippen molar-refractivity contribution in [2.45, 2.75) is 26.8 Å². The van der Waals surface area contributed by atoms with Gasteiger partial charge in [0.1, 0.15) is 0 Å². The lowest BCUT2D eigenvalue weighted by Gasteiger charge is -1.97. The number of fused-ring (bicyclic) bond motifs is 1. The third-order valence-electron chi connectivity index (χ3n) is 2.19. The van der Waals surface area contributed by atoms with Crippen LogP contribution < -0.4 is 0 Å². The van der Waals surface area contributed by atoms with Crippen LogP contribution in [-0.4, -0.2) is 4.57 Å². The summed E-state index contributed by atoms with van der Waals surface area (Å²) in [6.45, 7) is 5.70. The Morgan fingerprint density at radius 1 is 1.60 bits per heavy atom. The van der Waals surface area contributed by atoms with E-state index in [1.807, 2.05) is 0 Å². The van der Waals surface area contributed by atoms with Crippen LogP contribution in [0.15, 0.2) is 12.3 Å². The minimum atomic E-state index is 0.857. The van der Waals surface area contributed by atoms with Gasteiger partial charge in [0.05, 0.1) is 0 Å². The van der Waals surface area contributed by atoms with Crippen molar-refractivity contribution in [1.29, 1.82) is 0 Å². The second-order valence-electron chi connectivity index (χ2n) is 3.47. The molecule has 1 aliphatic heterocycles. The summed E-state index contributed by atoms with van der Waals surface area (Å²) < 4.78 is 2.38. The summed E-state index contributed by atoms with van der Waals surface area (Å²) in [6, 6.07) is 2.30. The molecule has 2 heterocycles. The lowest BCUT2D eigenvalue weighted by Crippen LogP contribution is -1.95. The molecule has 10 heavy (non-hydrogen) atoms. The molecule has 0 saturated carbocycles. The fourth-order valence-electron chi connectivity index (χ4n) is 1.82. The van der Waals surface area contributed by atoms with Crippen LogP contribution in [0.4, 0.5) is 0 Å². The van der Waals surface area contributed by atoms with Crippen molar-refractivity contribution in [3.05, 3.63) is 23.5 Å². The van der Waals surface area contributed by atoms with Crippen LogP contribution in [0.3, 0.4) is 0 Å². The Balaban J connectivity index is 2.39. The molecule has 0 fully saturated rings. The van der Waals surface area contributed by atoms with Gasteiger partial charge in [-0.25, -0.2) is 0 Å². The Labute approximate surface area is 61.7 Å². The molecule has 1 aromatic heterocycles. The monoisotopic (exact) mass is 135 g/mol. The first kappa shape index (κ1) is 6.02. The molecule has 0 amide bonds. The molecule has 1 unspecified atom stereocenters. The van der Waals surface area contributed by atoms with Gasteiger partial charge >= 0.3 is 0 Å². The van der Waals surface area contributed by atoms with Crippen molar-refractivity contribution >= 4 is 0 Å². The lowest BCUT2D eigenvalue weighted by atomic mass is 10.1. The largest absolute Gasteiger partial charge is 0.351 e. The first-order valence-electron chi connectivity index (χ1n) is 3.91. The SMILES string of the molecule is Cc1cc2n(c1)CC(C)C2. The molecule has 0 aliphatic carbocycles. The molecule has 0 saturated heterocycles. The summed E-state index contributed by atoms with van der Waals surface area (Å²) in [5.41, 5.74) is 2.92. The first-order chi connectivity index (χ1) is 4.75. The number of aryl methyl sites for hydroxylation is 1. The molecule has 0 N–H and O–H groups in total. The predicted molar refractivity (Wildman–Crippen MR) is 42.0 cm³/mol. The Morgan fingerprint density at radius 2 is 2.40 bits per heavy atom. The van der Waals surface area contributed by atoms with Gasteiger partial charge in [0.2, 0.25) is 0 Å². The molecule has 0 aromatic carbocycles. The van der Waals surface area contributed by atoms with Crippen LogP contribution in [-0.2, 0) is 13.0 Å². The van der Waals surface area contributed by atoms with Crippen LogP contribution >= 0.6 is 0 Å². The third kappa shape index (κ3) is 0.772. The Morgan fingerprint density at radius 3 is 3.10 bits per heavy atom. The summed E-state index contributed by atoms with van der Waals surface area (Å²) in [7, 11) is 0. The zero-order valence-electron chi connectivity index (χ0n) is 6.59. The molecule has 1 atom stereocenters. The standard InChI is InChI=1S/C9H13N/c1-7-3-9-4-8(2)6-10(9)5-7/h3,5,8H,4,6H2,1-2H3. The van der Waals surface area contributed by atoms with Gasteiger partial charge in [-0.3, -0.25) is 0 Å².